The number of pyridine rings is 1. The standard InChI is InChI=1S/C21H23FN6OS/c22-17-7-6-14(20(29)26-11-15-4-3-9-23-15)10-18(17)25-12-16-13-27-21(30-16)28-19-5-1-2-8-24-19/h1-2,5-8,10,13,15,23,25H,3-4,9,11-12H2,(H,26,29)(H,24,27,28)/t15-/m1/s1. The van der Waals surface area contributed by atoms with E-state index in [1.165, 1.54) is 23.5 Å². The highest BCUT2D eigenvalue weighted by atomic mass is 32.1. The number of halogens is 1. The summed E-state index contributed by atoms with van der Waals surface area (Å²) in [6, 6.07) is 10.3. The fourth-order valence-electron chi connectivity index (χ4n) is 3.23. The lowest BCUT2D eigenvalue weighted by molar-refractivity contribution is 0.0950. The molecule has 3 aromatic rings. The van der Waals surface area contributed by atoms with Gasteiger partial charge in [-0.15, -0.1) is 0 Å². The van der Waals surface area contributed by atoms with Gasteiger partial charge in [0.1, 0.15) is 11.6 Å². The molecule has 0 aliphatic carbocycles. The zero-order chi connectivity index (χ0) is 20.8. The molecule has 0 radical (unpaired) electrons. The van der Waals surface area contributed by atoms with E-state index in [2.05, 4.69) is 31.2 Å². The monoisotopic (exact) mass is 426 g/mol. The Hall–Kier alpha value is -3.04. The van der Waals surface area contributed by atoms with Crippen molar-refractivity contribution in [2.75, 3.05) is 23.7 Å². The third-order valence-corrected chi connectivity index (χ3v) is 5.72. The quantitative estimate of drug-likeness (QED) is 0.441. The maximum atomic E-state index is 14.2. The molecule has 30 heavy (non-hydrogen) atoms. The predicted octanol–water partition coefficient (Wildman–Crippen LogP) is 3.51. The van der Waals surface area contributed by atoms with Gasteiger partial charge in [-0.1, -0.05) is 17.4 Å². The first-order valence-corrected chi connectivity index (χ1v) is 10.7. The minimum absolute atomic E-state index is 0.202. The van der Waals surface area contributed by atoms with Gasteiger partial charge in [-0.3, -0.25) is 4.79 Å². The number of nitrogens with one attached hydrogen (secondary N) is 4. The SMILES string of the molecule is O=C(NC[C@H]1CCCN1)c1ccc(F)c(NCc2cnc(Nc3ccccn3)s2)c1. The fourth-order valence-corrected chi connectivity index (χ4v) is 3.99. The molecule has 2 aromatic heterocycles. The Kier molecular flexibility index (Phi) is 6.50. The Bertz CT molecular complexity index is 990. The van der Waals surface area contributed by atoms with E-state index < -0.39 is 5.82 Å². The summed E-state index contributed by atoms with van der Waals surface area (Å²) in [6.07, 6.45) is 5.62. The highest BCUT2D eigenvalue weighted by Gasteiger charge is 2.16. The van der Waals surface area contributed by atoms with Gasteiger partial charge >= 0.3 is 0 Å². The van der Waals surface area contributed by atoms with Crippen molar-refractivity contribution in [3.05, 3.63) is 65.0 Å². The second-order valence-electron chi connectivity index (χ2n) is 7.02. The van der Waals surface area contributed by atoms with Crippen molar-refractivity contribution in [3.63, 3.8) is 0 Å². The van der Waals surface area contributed by atoms with Crippen LogP contribution in [0.3, 0.4) is 0 Å². The molecule has 0 saturated carbocycles. The number of carbonyl (C=O) groups excluding carboxylic acids is 1. The third kappa shape index (κ3) is 5.31. The van der Waals surface area contributed by atoms with Crippen LogP contribution in [0.15, 0.2) is 48.8 Å². The number of nitrogens with zero attached hydrogens (tertiary/aromatic N) is 2. The molecule has 3 heterocycles. The minimum Gasteiger partial charge on any atom is -0.378 e. The summed E-state index contributed by atoms with van der Waals surface area (Å²) in [4.78, 5) is 21.9. The van der Waals surface area contributed by atoms with Gasteiger partial charge in [-0.25, -0.2) is 14.4 Å². The van der Waals surface area contributed by atoms with Crippen molar-refractivity contribution in [2.45, 2.75) is 25.4 Å². The molecule has 1 aliphatic rings. The van der Waals surface area contributed by atoms with E-state index >= 15 is 0 Å². The van der Waals surface area contributed by atoms with Gasteiger partial charge in [0.2, 0.25) is 0 Å². The molecule has 7 nitrogen and oxygen atoms in total. The highest BCUT2D eigenvalue weighted by molar-refractivity contribution is 7.15. The molecule has 0 bridgehead atoms. The molecule has 0 spiro atoms. The largest absolute Gasteiger partial charge is 0.378 e. The zero-order valence-corrected chi connectivity index (χ0v) is 17.1. The summed E-state index contributed by atoms with van der Waals surface area (Å²) in [5.41, 5.74) is 0.716. The van der Waals surface area contributed by atoms with Crippen molar-refractivity contribution < 1.29 is 9.18 Å². The van der Waals surface area contributed by atoms with E-state index in [0.29, 0.717) is 35.6 Å². The van der Waals surface area contributed by atoms with Crippen LogP contribution < -0.4 is 21.3 Å². The second kappa shape index (κ2) is 9.64. The Balaban J connectivity index is 1.34. The van der Waals surface area contributed by atoms with Crippen LogP contribution in [0.25, 0.3) is 0 Å². The summed E-state index contributed by atoms with van der Waals surface area (Å²) in [6.45, 7) is 1.96. The van der Waals surface area contributed by atoms with Gasteiger partial charge in [0, 0.05) is 35.4 Å². The maximum absolute atomic E-state index is 14.2. The van der Waals surface area contributed by atoms with Gasteiger partial charge in [-0.05, 0) is 49.7 Å². The van der Waals surface area contributed by atoms with Crippen molar-refractivity contribution in [1.82, 2.24) is 20.6 Å². The fraction of sp³-hybridized carbons (Fsp3) is 0.286. The number of amides is 1. The summed E-state index contributed by atoms with van der Waals surface area (Å²) in [5.74, 6) is 0.107. The van der Waals surface area contributed by atoms with Crippen molar-refractivity contribution in [3.8, 4) is 0 Å². The summed E-state index contributed by atoms with van der Waals surface area (Å²) < 4.78 is 14.2. The van der Waals surface area contributed by atoms with E-state index in [-0.39, 0.29) is 11.6 Å². The van der Waals surface area contributed by atoms with Crippen molar-refractivity contribution >= 4 is 33.9 Å². The lowest BCUT2D eigenvalue weighted by Gasteiger charge is -2.12. The van der Waals surface area contributed by atoms with Crippen molar-refractivity contribution in [1.29, 1.82) is 0 Å². The molecule has 156 valence electrons. The number of benzene rings is 1. The molecule has 1 fully saturated rings. The molecular formula is C21H23FN6OS. The topological polar surface area (TPSA) is 91.0 Å². The minimum atomic E-state index is -0.402. The van der Waals surface area contributed by atoms with Gasteiger partial charge in [-0.2, -0.15) is 0 Å². The third-order valence-electron chi connectivity index (χ3n) is 4.81. The van der Waals surface area contributed by atoms with Crippen molar-refractivity contribution in [2.24, 2.45) is 0 Å². The molecule has 4 N–H and O–H groups in total. The number of thiazole rings is 1. The maximum Gasteiger partial charge on any atom is 0.251 e. The number of hydrogen-bond acceptors (Lipinski definition) is 7. The Morgan fingerprint density at radius 1 is 1.27 bits per heavy atom. The average molecular weight is 427 g/mol. The first-order chi connectivity index (χ1) is 14.7. The molecule has 1 aliphatic heterocycles. The summed E-state index contributed by atoms with van der Waals surface area (Å²) >= 11 is 1.45. The van der Waals surface area contributed by atoms with E-state index in [9.17, 15) is 9.18 Å². The van der Waals surface area contributed by atoms with Crippen LogP contribution in [0.1, 0.15) is 28.1 Å². The smallest absolute Gasteiger partial charge is 0.251 e. The average Bonchev–Trinajstić information content (AvgIpc) is 3.44. The molecule has 1 saturated heterocycles. The molecule has 4 rings (SSSR count). The Labute approximate surface area is 178 Å². The summed E-state index contributed by atoms with van der Waals surface area (Å²) in [5, 5.41) is 13.2. The van der Waals surface area contributed by atoms with Gasteiger partial charge in [0.05, 0.1) is 12.2 Å². The second-order valence-corrected chi connectivity index (χ2v) is 8.14. The normalized spacial score (nSPS) is 15.7. The lowest BCUT2D eigenvalue weighted by atomic mass is 10.1. The molecule has 1 atom stereocenters. The zero-order valence-electron chi connectivity index (χ0n) is 16.3. The molecule has 1 amide bonds. The van der Waals surface area contributed by atoms with E-state index in [1.54, 1.807) is 18.5 Å². The number of carbonyl (C=O) groups is 1. The highest BCUT2D eigenvalue weighted by Crippen LogP contribution is 2.23. The van der Waals surface area contributed by atoms with E-state index in [1.807, 2.05) is 18.2 Å². The van der Waals surface area contributed by atoms with Gasteiger partial charge in [0.25, 0.3) is 5.91 Å². The number of anilines is 3. The number of hydrogen-bond donors (Lipinski definition) is 4. The van der Waals surface area contributed by atoms with Crippen LogP contribution in [0, 0.1) is 5.82 Å². The number of rotatable bonds is 8. The van der Waals surface area contributed by atoms with Crippen LogP contribution in [-0.4, -0.2) is 35.0 Å². The predicted molar refractivity (Wildman–Crippen MR) is 117 cm³/mol. The molecule has 0 unspecified atom stereocenters. The van der Waals surface area contributed by atoms with E-state index in [4.69, 9.17) is 0 Å². The van der Waals surface area contributed by atoms with Crippen LogP contribution in [0.4, 0.5) is 21.0 Å². The lowest BCUT2D eigenvalue weighted by Crippen LogP contribution is -2.37. The van der Waals surface area contributed by atoms with Crippen LogP contribution in [0.5, 0.6) is 0 Å². The Morgan fingerprint density at radius 3 is 3.00 bits per heavy atom. The summed E-state index contributed by atoms with van der Waals surface area (Å²) in [7, 11) is 0. The van der Waals surface area contributed by atoms with Gasteiger partial charge in [0.15, 0.2) is 5.13 Å². The first-order valence-electron chi connectivity index (χ1n) is 9.85. The van der Waals surface area contributed by atoms with Crippen LogP contribution >= 0.6 is 11.3 Å². The van der Waals surface area contributed by atoms with Crippen LogP contribution in [-0.2, 0) is 6.54 Å². The first kappa shape index (κ1) is 20.2. The van der Waals surface area contributed by atoms with Gasteiger partial charge < -0.3 is 21.3 Å². The molecule has 9 heteroatoms. The number of aromatic nitrogens is 2. The van der Waals surface area contributed by atoms with E-state index in [0.717, 1.165) is 24.3 Å². The Morgan fingerprint density at radius 2 is 2.20 bits per heavy atom. The van der Waals surface area contributed by atoms with Crippen LogP contribution in [0.2, 0.25) is 0 Å². The molecule has 1 aromatic carbocycles. The molecular weight excluding hydrogens is 403 g/mol.